The Bertz CT molecular complexity index is 101. The molecule has 0 saturated heterocycles. The normalized spacial score (nSPS) is 32.2. The van der Waals surface area contributed by atoms with Crippen LogP contribution in [0.3, 0.4) is 0 Å². The first-order chi connectivity index (χ1) is 5.33. The van der Waals surface area contributed by atoms with Crippen LogP contribution < -0.4 is 5.32 Å². The van der Waals surface area contributed by atoms with Crippen molar-refractivity contribution >= 4 is 0 Å². The fraction of sp³-hybridized carbons (Fsp3) is 1.00. The maximum atomic E-state index is 3.60. The van der Waals surface area contributed by atoms with E-state index in [2.05, 4.69) is 19.2 Å². The Morgan fingerprint density at radius 3 is 2.82 bits per heavy atom. The molecule has 0 aromatic heterocycles. The van der Waals surface area contributed by atoms with Crippen LogP contribution >= 0.6 is 0 Å². The minimum atomic E-state index is 0.832. The summed E-state index contributed by atoms with van der Waals surface area (Å²) >= 11 is 0. The van der Waals surface area contributed by atoms with Gasteiger partial charge in [0.2, 0.25) is 0 Å². The second-order valence-corrected chi connectivity index (χ2v) is 3.92. The van der Waals surface area contributed by atoms with Gasteiger partial charge in [0.15, 0.2) is 0 Å². The highest BCUT2D eigenvalue weighted by atomic mass is 14.9. The van der Waals surface area contributed by atoms with Crippen LogP contribution in [0.15, 0.2) is 0 Å². The van der Waals surface area contributed by atoms with E-state index in [1.54, 1.807) is 0 Å². The van der Waals surface area contributed by atoms with Gasteiger partial charge in [-0.1, -0.05) is 26.7 Å². The third-order valence-corrected chi connectivity index (χ3v) is 2.62. The van der Waals surface area contributed by atoms with Crippen LogP contribution in [-0.2, 0) is 0 Å². The lowest BCUT2D eigenvalue weighted by Crippen LogP contribution is -2.33. The monoisotopic (exact) mass is 155 g/mol. The van der Waals surface area contributed by atoms with Crippen LogP contribution in [0.2, 0.25) is 0 Å². The van der Waals surface area contributed by atoms with Crippen molar-refractivity contribution in [3.05, 3.63) is 0 Å². The zero-order chi connectivity index (χ0) is 8.10. The first kappa shape index (κ1) is 9.05. The molecule has 66 valence electrons. The van der Waals surface area contributed by atoms with Crippen molar-refractivity contribution in [3.63, 3.8) is 0 Å². The molecule has 0 amide bonds. The minimum Gasteiger partial charge on any atom is -0.314 e. The van der Waals surface area contributed by atoms with Gasteiger partial charge >= 0.3 is 0 Å². The quantitative estimate of drug-likeness (QED) is 0.660. The van der Waals surface area contributed by atoms with Gasteiger partial charge in [-0.25, -0.2) is 0 Å². The predicted molar refractivity (Wildman–Crippen MR) is 49.7 cm³/mol. The molecule has 1 heteroatoms. The first-order valence-electron chi connectivity index (χ1n) is 5.06. The van der Waals surface area contributed by atoms with Crippen molar-refractivity contribution in [1.82, 2.24) is 5.32 Å². The molecule has 1 fully saturated rings. The average molecular weight is 155 g/mol. The fourth-order valence-electron chi connectivity index (χ4n) is 1.97. The van der Waals surface area contributed by atoms with Gasteiger partial charge in [-0.15, -0.1) is 0 Å². The van der Waals surface area contributed by atoms with Crippen LogP contribution in [-0.4, -0.2) is 12.6 Å². The third-order valence-electron chi connectivity index (χ3n) is 2.62. The molecule has 1 rings (SSSR count). The van der Waals surface area contributed by atoms with Crippen molar-refractivity contribution < 1.29 is 0 Å². The maximum absolute atomic E-state index is 3.60. The molecule has 1 aliphatic carbocycles. The van der Waals surface area contributed by atoms with E-state index in [1.165, 1.54) is 38.6 Å². The van der Waals surface area contributed by atoms with E-state index in [1.807, 2.05) is 0 Å². The zero-order valence-electron chi connectivity index (χ0n) is 7.90. The molecule has 0 heterocycles. The smallest absolute Gasteiger partial charge is 0.00695 e. The van der Waals surface area contributed by atoms with E-state index in [4.69, 9.17) is 0 Å². The summed E-state index contributed by atoms with van der Waals surface area (Å²) in [5.41, 5.74) is 0. The molecule has 0 aromatic rings. The summed E-state index contributed by atoms with van der Waals surface area (Å²) in [6.45, 7) is 5.82. The van der Waals surface area contributed by atoms with E-state index in [0.717, 1.165) is 12.0 Å². The van der Waals surface area contributed by atoms with Gasteiger partial charge in [0.1, 0.15) is 0 Å². The Balaban J connectivity index is 2.12. The number of hydrogen-bond acceptors (Lipinski definition) is 1. The van der Waals surface area contributed by atoms with Crippen molar-refractivity contribution in [2.75, 3.05) is 6.54 Å². The van der Waals surface area contributed by atoms with Gasteiger partial charge in [0.25, 0.3) is 0 Å². The molecule has 0 aromatic carbocycles. The molecule has 1 N–H and O–H groups in total. The van der Waals surface area contributed by atoms with Gasteiger partial charge in [-0.05, 0) is 31.7 Å². The molecule has 11 heavy (non-hydrogen) atoms. The van der Waals surface area contributed by atoms with E-state index in [9.17, 15) is 0 Å². The summed E-state index contributed by atoms with van der Waals surface area (Å²) in [5.74, 6) is 0.957. The second kappa shape index (κ2) is 4.76. The summed E-state index contributed by atoms with van der Waals surface area (Å²) in [5, 5.41) is 3.60. The van der Waals surface area contributed by atoms with Crippen molar-refractivity contribution in [2.45, 2.75) is 52.0 Å². The molecule has 1 aliphatic rings. The lowest BCUT2D eigenvalue weighted by molar-refractivity contribution is 0.302. The van der Waals surface area contributed by atoms with E-state index in [0.29, 0.717) is 0 Å². The third kappa shape index (κ3) is 3.24. The van der Waals surface area contributed by atoms with Crippen LogP contribution in [0, 0.1) is 5.92 Å². The summed E-state index contributed by atoms with van der Waals surface area (Å²) < 4.78 is 0. The van der Waals surface area contributed by atoms with Crippen LogP contribution in [0.4, 0.5) is 0 Å². The second-order valence-electron chi connectivity index (χ2n) is 3.92. The highest BCUT2D eigenvalue weighted by Gasteiger charge is 2.17. The average Bonchev–Trinajstić information content (AvgIpc) is 2.01. The Labute approximate surface area is 70.6 Å². The Morgan fingerprint density at radius 1 is 1.36 bits per heavy atom. The summed E-state index contributed by atoms with van der Waals surface area (Å²) in [4.78, 5) is 0. The molecule has 0 aliphatic heterocycles. The SMILES string of the molecule is CCCN[C@H]1CCC[C@H](C)C1. The molecule has 0 bridgehead atoms. The van der Waals surface area contributed by atoms with Crippen LogP contribution in [0.25, 0.3) is 0 Å². The van der Waals surface area contributed by atoms with Crippen molar-refractivity contribution in [2.24, 2.45) is 5.92 Å². The number of rotatable bonds is 3. The topological polar surface area (TPSA) is 12.0 Å². The summed E-state index contributed by atoms with van der Waals surface area (Å²) in [6.07, 6.45) is 6.96. The molecule has 1 saturated carbocycles. The molecule has 1 nitrogen and oxygen atoms in total. The fourth-order valence-corrected chi connectivity index (χ4v) is 1.97. The maximum Gasteiger partial charge on any atom is 0.00695 e. The van der Waals surface area contributed by atoms with E-state index in [-0.39, 0.29) is 0 Å². The van der Waals surface area contributed by atoms with Crippen LogP contribution in [0.5, 0.6) is 0 Å². The standard InChI is InChI=1S/C10H21N/c1-3-7-11-10-6-4-5-9(2)8-10/h9-11H,3-8H2,1-2H3/t9-,10-/m0/s1. The molecule has 0 spiro atoms. The molecular weight excluding hydrogens is 134 g/mol. The number of hydrogen-bond donors (Lipinski definition) is 1. The molecular formula is C10H21N. The predicted octanol–water partition coefficient (Wildman–Crippen LogP) is 2.56. The summed E-state index contributed by atoms with van der Waals surface area (Å²) in [7, 11) is 0. The molecule has 0 radical (unpaired) electrons. The minimum absolute atomic E-state index is 0.832. The van der Waals surface area contributed by atoms with E-state index < -0.39 is 0 Å². The lowest BCUT2D eigenvalue weighted by atomic mass is 9.87. The van der Waals surface area contributed by atoms with Crippen molar-refractivity contribution in [3.8, 4) is 0 Å². The zero-order valence-corrected chi connectivity index (χ0v) is 7.90. The lowest BCUT2D eigenvalue weighted by Gasteiger charge is -2.27. The molecule has 2 atom stereocenters. The first-order valence-corrected chi connectivity index (χ1v) is 5.06. The largest absolute Gasteiger partial charge is 0.314 e. The van der Waals surface area contributed by atoms with Gasteiger partial charge in [-0.2, -0.15) is 0 Å². The highest BCUT2D eigenvalue weighted by molar-refractivity contribution is 4.75. The Morgan fingerprint density at radius 2 is 2.18 bits per heavy atom. The van der Waals surface area contributed by atoms with Gasteiger partial charge in [0, 0.05) is 6.04 Å². The van der Waals surface area contributed by atoms with Crippen molar-refractivity contribution in [1.29, 1.82) is 0 Å². The molecule has 0 unspecified atom stereocenters. The van der Waals surface area contributed by atoms with E-state index >= 15 is 0 Å². The van der Waals surface area contributed by atoms with Gasteiger partial charge < -0.3 is 5.32 Å². The summed E-state index contributed by atoms with van der Waals surface area (Å²) in [6, 6.07) is 0.832. The van der Waals surface area contributed by atoms with Gasteiger partial charge in [0.05, 0.1) is 0 Å². The van der Waals surface area contributed by atoms with Crippen LogP contribution in [0.1, 0.15) is 46.0 Å². The Hall–Kier alpha value is -0.0400. The number of nitrogens with one attached hydrogen (secondary N) is 1. The highest BCUT2D eigenvalue weighted by Crippen LogP contribution is 2.23. The van der Waals surface area contributed by atoms with Gasteiger partial charge in [-0.3, -0.25) is 0 Å². The Kier molecular flexibility index (Phi) is 3.92.